The molecule has 3 atom stereocenters. The normalized spacial score (nSPS) is 29.6. The van der Waals surface area contributed by atoms with Gasteiger partial charge in [0.15, 0.2) is 0 Å². The number of rotatable bonds is 5. The molecule has 1 saturated heterocycles. The fourth-order valence-corrected chi connectivity index (χ4v) is 4.28. The maximum Gasteiger partial charge on any atom is 0.241 e. The molecule has 2 fully saturated rings. The lowest BCUT2D eigenvalue weighted by Gasteiger charge is -2.65. The van der Waals surface area contributed by atoms with Gasteiger partial charge in [-0.2, -0.15) is 0 Å². The highest BCUT2D eigenvalue weighted by Crippen LogP contribution is 2.57. The Labute approximate surface area is 156 Å². The number of benzene rings is 1. The molecule has 1 aromatic carbocycles. The zero-order chi connectivity index (χ0) is 17.4. The van der Waals surface area contributed by atoms with E-state index in [1.807, 2.05) is 45.0 Å². The van der Waals surface area contributed by atoms with Crippen molar-refractivity contribution in [3.63, 3.8) is 0 Å². The van der Waals surface area contributed by atoms with Gasteiger partial charge in [0, 0.05) is 24.5 Å². The van der Waals surface area contributed by atoms with Crippen molar-refractivity contribution in [2.75, 3.05) is 13.2 Å². The summed E-state index contributed by atoms with van der Waals surface area (Å²) in [5.74, 6) is 0.841. The number of ether oxygens (including phenoxy) is 2. The molecule has 1 heterocycles. The van der Waals surface area contributed by atoms with Crippen molar-refractivity contribution in [3.8, 4) is 5.75 Å². The summed E-state index contributed by atoms with van der Waals surface area (Å²) in [5.41, 5.74) is 6.39. The first kappa shape index (κ1) is 20.0. The molecular weight excluding hydrogens is 340 g/mol. The summed E-state index contributed by atoms with van der Waals surface area (Å²) in [6, 6.07) is 7.77. The summed E-state index contributed by atoms with van der Waals surface area (Å²) >= 11 is 0. The fourth-order valence-electron chi connectivity index (χ4n) is 4.28. The van der Waals surface area contributed by atoms with E-state index < -0.39 is 5.54 Å². The lowest BCUT2D eigenvalue weighted by molar-refractivity contribution is -0.225. The van der Waals surface area contributed by atoms with Crippen LogP contribution in [0.5, 0.6) is 5.75 Å². The Kier molecular flexibility index (Phi) is 6.02. The molecule has 0 aromatic heterocycles. The molecule has 0 spiro atoms. The second kappa shape index (κ2) is 7.52. The smallest absolute Gasteiger partial charge is 0.241 e. The van der Waals surface area contributed by atoms with Gasteiger partial charge in [-0.1, -0.05) is 26.0 Å². The minimum atomic E-state index is -0.865. The Balaban J connectivity index is 0.00000225. The fraction of sp³-hybridized carbons (Fsp3) is 0.632. The molecule has 0 radical (unpaired) electrons. The SMILES string of the molecule is CCOc1cccc(CNC(=O)C2(N)C3CCCOC3C2(C)C)c1.Cl. The largest absolute Gasteiger partial charge is 0.494 e. The average Bonchev–Trinajstić information content (AvgIpc) is 2.59. The lowest BCUT2D eigenvalue weighted by Crippen LogP contribution is -2.82. The molecule has 1 amide bonds. The third kappa shape index (κ3) is 3.25. The highest BCUT2D eigenvalue weighted by molar-refractivity contribution is 5.89. The number of hydrogen-bond donors (Lipinski definition) is 2. The van der Waals surface area contributed by atoms with Crippen LogP contribution in [0.4, 0.5) is 0 Å². The molecule has 140 valence electrons. The van der Waals surface area contributed by atoms with Crippen LogP contribution in [-0.2, 0) is 16.1 Å². The van der Waals surface area contributed by atoms with E-state index in [4.69, 9.17) is 15.2 Å². The second-order valence-corrected chi connectivity index (χ2v) is 7.39. The molecule has 25 heavy (non-hydrogen) atoms. The van der Waals surface area contributed by atoms with Crippen molar-refractivity contribution in [3.05, 3.63) is 29.8 Å². The minimum absolute atomic E-state index is 0. The van der Waals surface area contributed by atoms with E-state index in [1.54, 1.807) is 0 Å². The van der Waals surface area contributed by atoms with Crippen molar-refractivity contribution >= 4 is 18.3 Å². The Morgan fingerprint density at radius 3 is 2.92 bits per heavy atom. The van der Waals surface area contributed by atoms with Crippen molar-refractivity contribution in [2.45, 2.75) is 51.8 Å². The van der Waals surface area contributed by atoms with Crippen molar-refractivity contribution in [2.24, 2.45) is 17.1 Å². The predicted molar refractivity (Wildman–Crippen MR) is 99.9 cm³/mol. The van der Waals surface area contributed by atoms with Crippen molar-refractivity contribution < 1.29 is 14.3 Å². The average molecular weight is 369 g/mol. The molecule has 0 bridgehead atoms. The van der Waals surface area contributed by atoms with Gasteiger partial charge >= 0.3 is 0 Å². The number of halogens is 1. The number of amides is 1. The quantitative estimate of drug-likeness (QED) is 0.838. The Bertz CT molecular complexity index is 622. The summed E-state index contributed by atoms with van der Waals surface area (Å²) in [6.07, 6.45) is 2.01. The van der Waals surface area contributed by atoms with Crippen LogP contribution in [0.3, 0.4) is 0 Å². The van der Waals surface area contributed by atoms with Crippen molar-refractivity contribution in [1.29, 1.82) is 0 Å². The summed E-state index contributed by atoms with van der Waals surface area (Å²) in [5, 5.41) is 3.02. The van der Waals surface area contributed by atoms with Gasteiger partial charge in [0.2, 0.25) is 5.91 Å². The van der Waals surface area contributed by atoms with E-state index in [0.29, 0.717) is 13.2 Å². The number of nitrogens with two attached hydrogens (primary N) is 1. The van der Waals surface area contributed by atoms with Crippen LogP contribution in [0.25, 0.3) is 0 Å². The monoisotopic (exact) mass is 368 g/mol. The van der Waals surface area contributed by atoms with E-state index in [0.717, 1.165) is 30.8 Å². The first-order valence-corrected chi connectivity index (χ1v) is 8.81. The van der Waals surface area contributed by atoms with Crippen LogP contribution in [0, 0.1) is 11.3 Å². The van der Waals surface area contributed by atoms with E-state index in [1.165, 1.54) is 0 Å². The van der Waals surface area contributed by atoms with Gasteiger partial charge in [0.25, 0.3) is 0 Å². The molecule has 5 nitrogen and oxygen atoms in total. The van der Waals surface area contributed by atoms with E-state index in [-0.39, 0.29) is 35.8 Å². The Hall–Kier alpha value is -1.30. The van der Waals surface area contributed by atoms with Gasteiger partial charge in [-0.05, 0) is 37.5 Å². The molecule has 2 aliphatic rings. The van der Waals surface area contributed by atoms with Gasteiger partial charge in [-0.25, -0.2) is 0 Å². The zero-order valence-electron chi connectivity index (χ0n) is 15.2. The lowest BCUT2D eigenvalue weighted by atomic mass is 9.46. The first-order valence-electron chi connectivity index (χ1n) is 8.81. The molecule has 6 heteroatoms. The Morgan fingerprint density at radius 1 is 1.44 bits per heavy atom. The molecule has 1 aliphatic carbocycles. The molecule has 1 aliphatic heterocycles. The third-order valence-corrected chi connectivity index (χ3v) is 5.72. The topological polar surface area (TPSA) is 73.6 Å². The number of nitrogens with one attached hydrogen (secondary N) is 1. The maximum atomic E-state index is 12.9. The van der Waals surface area contributed by atoms with Gasteiger partial charge in [0.05, 0.1) is 12.7 Å². The standard InChI is InChI=1S/C19H28N2O3.ClH/c1-4-23-14-8-5-7-13(11-14)12-21-17(22)19(20)15-9-6-10-24-16(15)18(19,2)3;/h5,7-8,11,15-16H,4,6,9-10,12,20H2,1-3H3,(H,21,22);1H. The molecular formula is C19H29ClN2O3. The number of carbonyl (C=O) groups is 1. The minimum Gasteiger partial charge on any atom is -0.494 e. The van der Waals surface area contributed by atoms with Crippen LogP contribution in [0.2, 0.25) is 0 Å². The molecule has 1 aromatic rings. The Morgan fingerprint density at radius 2 is 2.20 bits per heavy atom. The molecule has 1 saturated carbocycles. The number of fused-ring (bicyclic) bond motifs is 1. The zero-order valence-corrected chi connectivity index (χ0v) is 16.0. The van der Waals surface area contributed by atoms with Crippen LogP contribution >= 0.6 is 12.4 Å². The summed E-state index contributed by atoms with van der Waals surface area (Å²) in [4.78, 5) is 12.9. The van der Waals surface area contributed by atoms with Crippen LogP contribution in [0.1, 0.15) is 39.2 Å². The van der Waals surface area contributed by atoms with E-state index in [2.05, 4.69) is 5.32 Å². The summed E-state index contributed by atoms with van der Waals surface area (Å²) in [6.45, 7) is 7.87. The predicted octanol–water partition coefficient (Wildman–Crippen LogP) is 2.66. The van der Waals surface area contributed by atoms with E-state index in [9.17, 15) is 4.79 Å². The third-order valence-electron chi connectivity index (χ3n) is 5.72. The van der Waals surface area contributed by atoms with Gasteiger partial charge in [-0.15, -0.1) is 12.4 Å². The van der Waals surface area contributed by atoms with Crippen molar-refractivity contribution in [1.82, 2.24) is 5.32 Å². The van der Waals surface area contributed by atoms with Crippen LogP contribution < -0.4 is 15.8 Å². The summed E-state index contributed by atoms with van der Waals surface area (Å²) in [7, 11) is 0. The molecule has 3 unspecified atom stereocenters. The van der Waals surface area contributed by atoms with Gasteiger partial charge in [-0.3, -0.25) is 4.79 Å². The molecule has 3 N–H and O–H groups in total. The summed E-state index contributed by atoms with van der Waals surface area (Å²) < 4.78 is 11.4. The van der Waals surface area contributed by atoms with Crippen LogP contribution in [-0.4, -0.2) is 30.8 Å². The van der Waals surface area contributed by atoms with Crippen LogP contribution in [0.15, 0.2) is 24.3 Å². The van der Waals surface area contributed by atoms with Gasteiger partial charge in [0.1, 0.15) is 11.3 Å². The number of hydrogen-bond acceptors (Lipinski definition) is 4. The maximum absolute atomic E-state index is 12.9. The molecule has 3 rings (SSSR count). The second-order valence-electron chi connectivity index (χ2n) is 7.39. The highest BCUT2D eigenvalue weighted by atomic mass is 35.5. The van der Waals surface area contributed by atoms with E-state index >= 15 is 0 Å². The highest BCUT2D eigenvalue weighted by Gasteiger charge is 2.70. The number of carbonyl (C=O) groups excluding carboxylic acids is 1. The first-order chi connectivity index (χ1) is 11.4. The van der Waals surface area contributed by atoms with Gasteiger partial charge < -0.3 is 20.5 Å².